The van der Waals surface area contributed by atoms with Crippen LogP contribution in [-0.4, -0.2) is 23.4 Å². The minimum Gasteiger partial charge on any atom is -0.382 e. The highest BCUT2D eigenvalue weighted by molar-refractivity contribution is 7.11. The van der Waals surface area contributed by atoms with Gasteiger partial charge in [0.2, 0.25) is 0 Å². The second-order valence-corrected chi connectivity index (χ2v) is 5.81. The van der Waals surface area contributed by atoms with Gasteiger partial charge in [0.15, 0.2) is 5.82 Å². The SMILES string of the molecule is CNC(=O)c1c(N)nsc1NC1CCCCCCC1. The maximum Gasteiger partial charge on any atom is 0.257 e. The molecule has 1 aliphatic rings. The molecule has 0 aromatic carbocycles. The van der Waals surface area contributed by atoms with Gasteiger partial charge in [0, 0.05) is 13.1 Å². The number of nitrogens with zero attached hydrogens (tertiary/aromatic N) is 1. The molecule has 1 aromatic rings. The molecule has 0 spiro atoms. The highest BCUT2D eigenvalue weighted by Gasteiger charge is 2.21. The maximum atomic E-state index is 11.8. The van der Waals surface area contributed by atoms with Gasteiger partial charge in [-0.2, -0.15) is 4.37 Å². The second-order valence-electron chi connectivity index (χ2n) is 5.04. The van der Waals surface area contributed by atoms with Gasteiger partial charge in [0.1, 0.15) is 10.6 Å². The molecule has 0 radical (unpaired) electrons. The summed E-state index contributed by atoms with van der Waals surface area (Å²) in [6, 6.07) is 0.434. The van der Waals surface area contributed by atoms with Crippen LogP contribution < -0.4 is 16.4 Å². The topological polar surface area (TPSA) is 80.0 Å². The van der Waals surface area contributed by atoms with Crippen molar-refractivity contribution in [2.75, 3.05) is 18.1 Å². The van der Waals surface area contributed by atoms with E-state index < -0.39 is 0 Å². The van der Waals surface area contributed by atoms with Crippen LogP contribution >= 0.6 is 11.5 Å². The summed E-state index contributed by atoms with van der Waals surface area (Å²) in [5.41, 5.74) is 6.27. The van der Waals surface area contributed by atoms with Crippen molar-refractivity contribution < 1.29 is 4.79 Å². The minimum absolute atomic E-state index is 0.167. The smallest absolute Gasteiger partial charge is 0.257 e. The molecular weight excluding hydrogens is 260 g/mol. The van der Waals surface area contributed by atoms with Crippen LogP contribution in [0.25, 0.3) is 0 Å². The van der Waals surface area contributed by atoms with Crippen molar-refractivity contribution in [3.05, 3.63) is 5.56 Å². The van der Waals surface area contributed by atoms with E-state index in [0.29, 0.717) is 17.4 Å². The number of hydrogen-bond acceptors (Lipinski definition) is 5. The van der Waals surface area contributed by atoms with Crippen LogP contribution in [0.2, 0.25) is 0 Å². The van der Waals surface area contributed by atoms with Crippen LogP contribution in [0.3, 0.4) is 0 Å². The summed E-state index contributed by atoms with van der Waals surface area (Å²) in [5, 5.41) is 6.89. The van der Waals surface area contributed by atoms with Gasteiger partial charge in [-0.15, -0.1) is 0 Å². The predicted octanol–water partition coefficient (Wildman–Crippen LogP) is 2.61. The third-order valence-corrected chi connectivity index (χ3v) is 4.41. The summed E-state index contributed by atoms with van der Waals surface area (Å²) < 4.78 is 4.09. The second kappa shape index (κ2) is 6.75. The van der Waals surface area contributed by atoms with E-state index in [-0.39, 0.29) is 5.91 Å². The van der Waals surface area contributed by atoms with E-state index in [4.69, 9.17) is 5.73 Å². The largest absolute Gasteiger partial charge is 0.382 e. The zero-order valence-electron chi connectivity index (χ0n) is 11.4. The van der Waals surface area contributed by atoms with E-state index in [1.54, 1.807) is 7.05 Å². The number of carbonyl (C=O) groups is 1. The molecule has 1 heterocycles. The molecule has 6 heteroatoms. The summed E-state index contributed by atoms with van der Waals surface area (Å²) in [4.78, 5) is 11.8. The van der Waals surface area contributed by atoms with E-state index in [2.05, 4.69) is 15.0 Å². The number of nitrogens with two attached hydrogens (primary N) is 1. The van der Waals surface area contributed by atoms with Crippen molar-refractivity contribution in [2.45, 2.75) is 51.0 Å². The van der Waals surface area contributed by atoms with Crippen molar-refractivity contribution in [1.82, 2.24) is 9.69 Å². The average molecular weight is 282 g/mol. The van der Waals surface area contributed by atoms with Crippen molar-refractivity contribution in [2.24, 2.45) is 0 Å². The van der Waals surface area contributed by atoms with E-state index in [0.717, 1.165) is 17.8 Å². The maximum absolute atomic E-state index is 11.8. The molecule has 2 rings (SSSR count). The fourth-order valence-electron chi connectivity index (χ4n) is 2.53. The number of amides is 1. The monoisotopic (exact) mass is 282 g/mol. The Balaban J connectivity index is 2.07. The molecule has 0 bridgehead atoms. The van der Waals surface area contributed by atoms with E-state index in [1.807, 2.05) is 0 Å². The Labute approximate surface area is 118 Å². The van der Waals surface area contributed by atoms with Crippen molar-refractivity contribution in [1.29, 1.82) is 0 Å². The quantitative estimate of drug-likeness (QED) is 0.796. The number of nitrogen functional groups attached to an aromatic ring is 1. The Bertz CT molecular complexity index is 424. The summed E-state index contributed by atoms with van der Waals surface area (Å²) in [6.07, 6.45) is 8.79. The average Bonchev–Trinajstić information content (AvgIpc) is 2.73. The molecule has 0 unspecified atom stereocenters. The first-order valence-electron chi connectivity index (χ1n) is 6.96. The van der Waals surface area contributed by atoms with Crippen molar-refractivity contribution in [3.8, 4) is 0 Å². The van der Waals surface area contributed by atoms with Crippen LogP contribution in [0.4, 0.5) is 10.8 Å². The molecule has 0 atom stereocenters. The molecule has 5 nitrogen and oxygen atoms in total. The van der Waals surface area contributed by atoms with E-state index in [9.17, 15) is 4.79 Å². The summed E-state index contributed by atoms with van der Waals surface area (Å²) >= 11 is 1.28. The first kappa shape index (κ1) is 14.1. The summed E-state index contributed by atoms with van der Waals surface area (Å²) in [5.74, 6) is 0.150. The van der Waals surface area contributed by atoms with Crippen LogP contribution in [0.1, 0.15) is 55.3 Å². The zero-order chi connectivity index (χ0) is 13.7. The van der Waals surface area contributed by atoms with Crippen molar-refractivity contribution in [3.63, 3.8) is 0 Å². The molecule has 1 amide bonds. The number of carbonyl (C=O) groups excluding carboxylic acids is 1. The zero-order valence-corrected chi connectivity index (χ0v) is 12.2. The van der Waals surface area contributed by atoms with Gasteiger partial charge in [-0.25, -0.2) is 0 Å². The van der Waals surface area contributed by atoms with Gasteiger partial charge in [-0.3, -0.25) is 4.79 Å². The number of nitrogens with one attached hydrogen (secondary N) is 2. The molecular formula is C13H22N4OS. The highest BCUT2D eigenvalue weighted by Crippen LogP contribution is 2.29. The van der Waals surface area contributed by atoms with Crippen LogP contribution in [0.15, 0.2) is 0 Å². The fraction of sp³-hybridized carbons (Fsp3) is 0.692. The summed E-state index contributed by atoms with van der Waals surface area (Å²) in [7, 11) is 1.61. The summed E-state index contributed by atoms with van der Waals surface area (Å²) in [6.45, 7) is 0. The number of anilines is 2. The van der Waals surface area contributed by atoms with Crippen molar-refractivity contribution >= 4 is 28.3 Å². The van der Waals surface area contributed by atoms with Gasteiger partial charge >= 0.3 is 0 Å². The Morgan fingerprint density at radius 2 is 1.89 bits per heavy atom. The standard InChI is InChI=1S/C13H22N4OS/c1-15-12(18)10-11(14)17-19-13(10)16-9-7-5-3-2-4-6-8-9/h9,16H,2-8H2,1H3,(H2,14,17)(H,15,18). The molecule has 1 saturated carbocycles. The number of rotatable bonds is 3. The molecule has 19 heavy (non-hydrogen) atoms. The third kappa shape index (κ3) is 3.59. The molecule has 4 N–H and O–H groups in total. The van der Waals surface area contributed by atoms with Gasteiger partial charge in [0.25, 0.3) is 5.91 Å². The molecule has 1 fully saturated rings. The Morgan fingerprint density at radius 3 is 2.53 bits per heavy atom. The molecule has 106 valence electrons. The number of aromatic nitrogens is 1. The lowest BCUT2D eigenvalue weighted by Gasteiger charge is -2.21. The molecule has 0 aliphatic heterocycles. The van der Waals surface area contributed by atoms with Gasteiger partial charge in [-0.1, -0.05) is 32.1 Å². The minimum atomic E-state index is -0.167. The molecule has 1 aliphatic carbocycles. The lowest BCUT2D eigenvalue weighted by atomic mass is 9.97. The Hall–Kier alpha value is -1.30. The van der Waals surface area contributed by atoms with Gasteiger partial charge in [-0.05, 0) is 24.4 Å². The molecule has 1 aromatic heterocycles. The Morgan fingerprint density at radius 1 is 1.26 bits per heavy atom. The van der Waals surface area contributed by atoms with Gasteiger partial charge in [0.05, 0.1) is 0 Å². The highest BCUT2D eigenvalue weighted by atomic mass is 32.1. The van der Waals surface area contributed by atoms with Crippen LogP contribution in [0, 0.1) is 0 Å². The van der Waals surface area contributed by atoms with E-state index in [1.165, 1.54) is 43.6 Å². The lowest BCUT2D eigenvalue weighted by Crippen LogP contribution is -2.24. The Kier molecular flexibility index (Phi) is 5.01. The molecule has 0 saturated heterocycles. The van der Waals surface area contributed by atoms with Crippen LogP contribution in [-0.2, 0) is 0 Å². The fourth-order valence-corrected chi connectivity index (χ4v) is 3.32. The number of hydrogen-bond donors (Lipinski definition) is 3. The first-order chi connectivity index (χ1) is 9.22. The third-order valence-electron chi connectivity index (χ3n) is 3.61. The lowest BCUT2D eigenvalue weighted by molar-refractivity contribution is 0.0965. The predicted molar refractivity (Wildman–Crippen MR) is 79.6 cm³/mol. The van der Waals surface area contributed by atoms with Crippen LogP contribution in [0.5, 0.6) is 0 Å². The van der Waals surface area contributed by atoms with E-state index >= 15 is 0 Å². The van der Waals surface area contributed by atoms with Gasteiger partial charge < -0.3 is 16.4 Å². The first-order valence-corrected chi connectivity index (χ1v) is 7.73. The normalized spacial score (nSPS) is 17.5.